The number of benzene rings is 2. The minimum Gasteiger partial charge on any atom is -0.376 e. The van der Waals surface area contributed by atoms with E-state index in [-0.39, 0.29) is 12.2 Å². The first-order chi connectivity index (χ1) is 12.3. The van der Waals surface area contributed by atoms with Gasteiger partial charge in [-0.2, -0.15) is 13.2 Å². The van der Waals surface area contributed by atoms with Crippen LogP contribution in [-0.2, 0) is 17.4 Å². The highest BCUT2D eigenvalue weighted by Gasteiger charge is 2.35. The van der Waals surface area contributed by atoms with Gasteiger partial charge in [0.2, 0.25) is 5.91 Å². The Balaban J connectivity index is 1.93. The molecule has 2 aromatic carbocycles. The Morgan fingerprint density at radius 2 is 1.81 bits per heavy atom. The van der Waals surface area contributed by atoms with Crippen molar-refractivity contribution in [3.63, 3.8) is 0 Å². The van der Waals surface area contributed by atoms with E-state index < -0.39 is 28.3 Å². The zero-order valence-electron chi connectivity index (χ0n) is 13.5. The average molecular weight is 367 g/mol. The highest BCUT2D eigenvalue weighted by molar-refractivity contribution is 5.81. The van der Waals surface area contributed by atoms with E-state index in [0.29, 0.717) is 19.0 Å². The molecule has 2 rings (SSSR count). The fourth-order valence-corrected chi connectivity index (χ4v) is 2.26. The van der Waals surface area contributed by atoms with Crippen LogP contribution in [0.15, 0.2) is 48.5 Å². The van der Waals surface area contributed by atoms with Gasteiger partial charge in [0.1, 0.15) is 0 Å². The summed E-state index contributed by atoms with van der Waals surface area (Å²) in [5, 5.41) is 15.6. The van der Waals surface area contributed by atoms with Crippen molar-refractivity contribution in [2.45, 2.75) is 12.6 Å². The van der Waals surface area contributed by atoms with Gasteiger partial charge in [-0.1, -0.05) is 30.3 Å². The number of carbonyl (C=O) groups excluding carboxylic acids is 1. The molecule has 1 amide bonds. The summed E-state index contributed by atoms with van der Waals surface area (Å²) in [6.07, 6.45) is -4.18. The van der Waals surface area contributed by atoms with Gasteiger partial charge >= 0.3 is 6.18 Å². The molecule has 0 bridgehead atoms. The molecule has 0 saturated carbocycles. The lowest BCUT2D eigenvalue weighted by atomic mass is 10.1. The maximum atomic E-state index is 13.0. The number of non-ortho nitro benzene ring substituents is 1. The van der Waals surface area contributed by atoms with Gasteiger partial charge < -0.3 is 10.6 Å². The van der Waals surface area contributed by atoms with Crippen LogP contribution >= 0.6 is 0 Å². The molecule has 0 heterocycles. The van der Waals surface area contributed by atoms with Crippen molar-refractivity contribution in [2.75, 3.05) is 18.4 Å². The van der Waals surface area contributed by atoms with Crippen LogP contribution in [0, 0.1) is 10.1 Å². The van der Waals surface area contributed by atoms with E-state index in [1.807, 2.05) is 30.3 Å². The van der Waals surface area contributed by atoms with Gasteiger partial charge in [-0.3, -0.25) is 14.9 Å². The second-order valence-corrected chi connectivity index (χ2v) is 5.42. The molecule has 0 aromatic heterocycles. The zero-order chi connectivity index (χ0) is 19.2. The van der Waals surface area contributed by atoms with Crippen LogP contribution in [0.4, 0.5) is 24.5 Å². The van der Waals surface area contributed by atoms with Crippen molar-refractivity contribution in [3.05, 3.63) is 69.8 Å². The first-order valence-electron chi connectivity index (χ1n) is 7.67. The third-order valence-electron chi connectivity index (χ3n) is 3.54. The van der Waals surface area contributed by atoms with Crippen LogP contribution in [0.25, 0.3) is 0 Å². The quantitative estimate of drug-likeness (QED) is 0.580. The number of hydrogen-bond acceptors (Lipinski definition) is 4. The molecule has 6 nitrogen and oxygen atoms in total. The Hall–Kier alpha value is -3.10. The number of amides is 1. The van der Waals surface area contributed by atoms with Crippen LogP contribution in [0.5, 0.6) is 0 Å². The number of nitrogens with zero attached hydrogens (tertiary/aromatic N) is 1. The molecule has 2 N–H and O–H groups in total. The van der Waals surface area contributed by atoms with Gasteiger partial charge in [0, 0.05) is 24.4 Å². The summed E-state index contributed by atoms with van der Waals surface area (Å²) < 4.78 is 39.1. The van der Waals surface area contributed by atoms with Crippen molar-refractivity contribution in [1.82, 2.24) is 5.32 Å². The highest BCUT2D eigenvalue weighted by atomic mass is 19.4. The SMILES string of the molecule is O=C(CNc1ccc([N+](=O)[O-])cc1C(F)(F)F)NCCc1ccccc1. The van der Waals surface area contributed by atoms with Crippen molar-refractivity contribution < 1.29 is 22.9 Å². The Kier molecular flexibility index (Phi) is 6.16. The summed E-state index contributed by atoms with van der Waals surface area (Å²) in [6.45, 7) is -0.0351. The molecule has 0 fully saturated rings. The van der Waals surface area contributed by atoms with Gasteiger partial charge in [-0.05, 0) is 18.1 Å². The van der Waals surface area contributed by atoms with E-state index in [1.54, 1.807) is 0 Å². The highest BCUT2D eigenvalue weighted by Crippen LogP contribution is 2.36. The van der Waals surface area contributed by atoms with Crippen LogP contribution < -0.4 is 10.6 Å². The molecular weight excluding hydrogens is 351 g/mol. The lowest BCUT2D eigenvalue weighted by molar-refractivity contribution is -0.385. The number of rotatable bonds is 7. The van der Waals surface area contributed by atoms with Crippen molar-refractivity contribution in [2.24, 2.45) is 0 Å². The van der Waals surface area contributed by atoms with Gasteiger partial charge in [0.05, 0.1) is 17.0 Å². The molecule has 0 atom stereocenters. The average Bonchev–Trinajstić information content (AvgIpc) is 2.60. The van der Waals surface area contributed by atoms with E-state index in [9.17, 15) is 28.1 Å². The van der Waals surface area contributed by atoms with E-state index in [0.717, 1.165) is 17.7 Å². The number of alkyl halides is 3. The molecule has 138 valence electrons. The number of nitro groups is 1. The number of halogens is 3. The standard InChI is InChI=1S/C17H16F3N3O3/c18-17(19,20)14-10-13(23(25)26)6-7-15(14)22-11-16(24)21-9-8-12-4-2-1-3-5-12/h1-7,10,22H,8-9,11H2,(H,21,24). The minimum atomic E-state index is -4.78. The van der Waals surface area contributed by atoms with Crippen LogP contribution in [0.2, 0.25) is 0 Å². The molecule has 9 heteroatoms. The summed E-state index contributed by atoms with van der Waals surface area (Å²) in [6, 6.07) is 11.7. The van der Waals surface area contributed by atoms with E-state index >= 15 is 0 Å². The summed E-state index contributed by atoms with van der Waals surface area (Å²) in [5.41, 5.74) is -1.23. The second kappa shape index (κ2) is 8.32. The molecule has 0 aliphatic rings. The van der Waals surface area contributed by atoms with E-state index in [4.69, 9.17) is 0 Å². The molecule has 0 radical (unpaired) electrons. The molecule has 26 heavy (non-hydrogen) atoms. The number of nitro benzene ring substituents is 1. The smallest absolute Gasteiger partial charge is 0.376 e. The molecule has 0 saturated heterocycles. The second-order valence-electron chi connectivity index (χ2n) is 5.42. The number of hydrogen-bond donors (Lipinski definition) is 2. The summed E-state index contributed by atoms with van der Waals surface area (Å²) in [7, 11) is 0. The van der Waals surface area contributed by atoms with Crippen LogP contribution in [0.3, 0.4) is 0 Å². The van der Waals surface area contributed by atoms with Gasteiger partial charge in [0.15, 0.2) is 0 Å². The fraction of sp³-hybridized carbons (Fsp3) is 0.235. The predicted octanol–water partition coefficient (Wildman–Crippen LogP) is 3.38. The van der Waals surface area contributed by atoms with Crippen molar-refractivity contribution in [3.8, 4) is 0 Å². The molecular formula is C17H16F3N3O3. The third-order valence-corrected chi connectivity index (χ3v) is 3.54. The minimum absolute atomic E-state index is 0.344. The molecule has 0 aliphatic heterocycles. The van der Waals surface area contributed by atoms with Crippen molar-refractivity contribution in [1.29, 1.82) is 0 Å². The van der Waals surface area contributed by atoms with Crippen LogP contribution in [-0.4, -0.2) is 23.9 Å². The maximum Gasteiger partial charge on any atom is 0.418 e. The Bertz CT molecular complexity index is 780. The summed E-state index contributed by atoms with van der Waals surface area (Å²) in [5.74, 6) is -0.479. The third kappa shape index (κ3) is 5.47. The zero-order valence-corrected chi connectivity index (χ0v) is 13.5. The summed E-state index contributed by atoms with van der Waals surface area (Å²) in [4.78, 5) is 21.5. The number of carbonyl (C=O) groups is 1. The van der Waals surface area contributed by atoms with Gasteiger partial charge in [0.25, 0.3) is 5.69 Å². The molecule has 0 aliphatic carbocycles. The van der Waals surface area contributed by atoms with Crippen LogP contribution in [0.1, 0.15) is 11.1 Å². The molecule has 0 spiro atoms. The normalized spacial score (nSPS) is 11.0. The summed E-state index contributed by atoms with van der Waals surface area (Å²) >= 11 is 0. The Morgan fingerprint density at radius 3 is 2.42 bits per heavy atom. The lowest BCUT2D eigenvalue weighted by Gasteiger charge is -2.14. The largest absolute Gasteiger partial charge is 0.418 e. The first-order valence-corrected chi connectivity index (χ1v) is 7.67. The lowest BCUT2D eigenvalue weighted by Crippen LogP contribution is -2.31. The monoisotopic (exact) mass is 367 g/mol. The topological polar surface area (TPSA) is 84.3 Å². The Labute approximate surface area is 147 Å². The van der Waals surface area contributed by atoms with Gasteiger partial charge in [-0.25, -0.2) is 0 Å². The fourth-order valence-electron chi connectivity index (χ4n) is 2.26. The number of nitrogens with one attached hydrogen (secondary N) is 2. The molecule has 0 unspecified atom stereocenters. The Morgan fingerprint density at radius 1 is 1.12 bits per heavy atom. The first kappa shape index (κ1) is 19.2. The predicted molar refractivity (Wildman–Crippen MR) is 89.7 cm³/mol. The maximum absolute atomic E-state index is 13.0. The van der Waals surface area contributed by atoms with E-state index in [1.165, 1.54) is 0 Å². The molecule has 2 aromatic rings. The van der Waals surface area contributed by atoms with Crippen molar-refractivity contribution >= 4 is 17.3 Å². The number of anilines is 1. The van der Waals surface area contributed by atoms with E-state index in [2.05, 4.69) is 10.6 Å². The van der Waals surface area contributed by atoms with Gasteiger partial charge in [-0.15, -0.1) is 0 Å².